The van der Waals surface area contributed by atoms with Gasteiger partial charge in [-0.25, -0.2) is 9.37 Å². The number of nitrogen functional groups attached to an aromatic ring is 1. The van der Waals surface area contributed by atoms with Gasteiger partial charge in [-0.05, 0) is 12.1 Å². The first-order valence-corrected chi connectivity index (χ1v) is 5.37. The molecule has 0 atom stereocenters. The van der Waals surface area contributed by atoms with Crippen molar-refractivity contribution in [3.05, 3.63) is 35.2 Å². The molecule has 0 saturated carbocycles. The number of nitrogens with zero attached hydrogens (tertiary/aromatic N) is 2. The van der Waals surface area contributed by atoms with E-state index in [0.717, 1.165) is 0 Å². The lowest BCUT2D eigenvalue weighted by atomic mass is 10.3. The first kappa shape index (κ1) is 12.4. The third-order valence-corrected chi connectivity index (χ3v) is 2.33. The minimum Gasteiger partial charge on any atom is -0.494 e. The van der Waals surface area contributed by atoms with Gasteiger partial charge in [-0.15, -0.1) is 0 Å². The lowest BCUT2D eigenvalue weighted by Gasteiger charge is -2.10. The standard InChI is InChI=1S/C11H10ClFN4O/c1-18-8-4-6(13)2-3-7(8)15-10-5-9(12)16-11(14)17-10/h2-5H,1H3,(H3,14,15,16,17). The topological polar surface area (TPSA) is 73.1 Å². The molecule has 0 spiro atoms. The van der Waals surface area contributed by atoms with Gasteiger partial charge in [0.05, 0.1) is 12.8 Å². The van der Waals surface area contributed by atoms with E-state index in [4.69, 9.17) is 22.1 Å². The van der Waals surface area contributed by atoms with Gasteiger partial charge in [-0.2, -0.15) is 4.98 Å². The van der Waals surface area contributed by atoms with Crippen LogP contribution in [-0.4, -0.2) is 17.1 Å². The van der Waals surface area contributed by atoms with Gasteiger partial charge in [-0.1, -0.05) is 11.6 Å². The summed E-state index contributed by atoms with van der Waals surface area (Å²) in [7, 11) is 1.45. The summed E-state index contributed by atoms with van der Waals surface area (Å²) < 4.78 is 18.1. The van der Waals surface area contributed by atoms with Gasteiger partial charge in [0.15, 0.2) is 0 Å². The molecule has 0 aliphatic carbocycles. The van der Waals surface area contributed by atoms with Crippen molar-refractivity contribution in [2.75, 3.05) is 18.2 Å². The highest BCUT2D eigenvalue weighted by molar-refractivity contribution is 6.29. The molecule has 94 valence electrons. The van der Waals surface area contributed by atoms with Crippen LogP contribution in [0.2, 0.25) is 5.15 Å². The van der Waals surface area contributed by atoms with Crippen LogP contribution < -0.4 is 15.8 Å². The third kappa shape index (κ3) is 2.78. The van der Waals surface area contributed by atoms with E-state index < -0.39 is 5.82 Å². The van der Waals surface area contributed by atoms with E-state index in [1.165, 1.54) is 31.4 Å². The van der Waals surface area contributed by atoms with Crippen molar-refractivity contribution in [1.82, 2.24) is 9.97 Å². The molecule has 2 aromatic rings. The maximum atomic E-state index is 13.0. The van der Waals surface area contributed by atoms with Gasteiger partial charge in [0.25, 0.3) is 0 Å². The molecule has 18 heavy (non-hydrogen) atoms. The van der Waals surface area contributed by atoms with Gasteiger partial charge in [-0.3, -0.25) is 0 Å². The molecule has 0 bridgehead atoms. The second kappa shape index (κ2) is 5.05. The average molecular weight is 269 g/mol. The average Bonchev–Trinajstić information content (AvgIpc) is 2.30. The number of halogens is 2. The minimum atomic E-state index is -0.391. The maximum absolute atomic E-state index is 13.0. The summed E-state index contributed by atoms with van der Waals surface area (Å²) in [6.45, 7) is 0. The Kier molecular flexibility index (Phi) is 3.47. The van der Waals surface area contributed by atoms with Gasteiger partial charge in [0, 0.05) is 12.1 Å². The zero-order valence-electron chi connectivity index (χ0n) is 9.45. The van der Waals surface area contributed by atoms with Crippen LogP contribution in [0.4, 0.5) is 21.8 Å². The number of hydrogen-bond donors (Lipinski definition) is 2. The Hall–Kier alpha value is -2.08. The van der Waals surface area contributed by atoms with Crippen LogP contribution in [0.1, 0.15) is 0 Å². The number of nitrogens with two attached hydrogens (primary N) is 1. The minimum absolute atomic E-state index is 0.0473. The van der Waals surface area contributed by atoms with Crippen LogP contribution in [0, 0.1) is 5.82 Å². The van der Waals surface area contributed by atoms with E-state index >= 15 is 0 Å². The summed E-state index contributed by atoms with van der Waals surface area (Å²) in [5.74, 6) is 0.407. The number of aromatic nitrogens is 2. The predicted octanol–water partition coefficient (Wildman–Crippen LogP) is 2.60. The molecule has 1 aromatic heterocycles. The van der Waals surface area contributed by atoms with Crippen molar-refractivity contribution in [2.24, 2.45) is 0 Å². The molecule has 5 nitrogen and oxygen atoms in total. The fourth-order valence-electron chi connectivity index (χ4n) is 1.41. The summed E-state index contributed by atoms with van der Waals surface area (Å²) in [4.78, 5) is 7.68. The van der Waals surface area contributed by atoms with E-state index in [1.807, 2.05) is 0 Å². The Balaban J connectivity index is 2.33. The lowest BCUT2D eigenvalue weighted by molar-refractivity contribution is 0.413. The zero-order valence-corrected chi connectivity index (χ0v) is 10.2. The van der Waals surface area contributed by atoms with Crippen LogP contribution in [0.15, 0.2) is 24.3 Å². The predicted molar refractivity (Wildman–Crippen MR) is 67.7 cm³/mol. The lowest BCUT2D eigenvalue weighted by Crippen LogP contribution is -2.01. The van der Waals surface area contributed by atoms with Crippen LogP contribution in [0.25, 0.3) is 0 Å². The fraction of sp³-hybridized carbons (Fsp3) is 0.0909. The van der Waals surface area contributed by atoms with E-state index in [9.17, 15) is 4.39 Å². The van der Waals surface area contributed by atoms with Crippen LogP contribution in [-0.2, 0) is 0 Å². The van der Waals surface area contributed by atoms with Gasteiger partial charge in [0.2, 0.25) is 5.95 Å². The number of hydrogen-bond acceptors (Lipinski definition) is 5. The van der Waals surface area contributed by atoms with Gasteiger partial charge < -0.3 is 15.8 Å². The molecule has 3 N–H and O–H groups in total. The number of methoxy groups -OCH3 is 1. The second-order valence-electron chi connectivity index (χ2n) is 3.40. The maximum Gasteiger partial charge on any atom is 0.223 e. The smallest absolute Gasteiger partial charge is 0.223 e. The Morgan fingerprint density at radius 3 is 2.78 bits per heavy atom. The largest absolute Gasteiger partial charge is 0.494 e. The number of benzene rings is 1. The number of ether oxygens (including phenoxy) is 1. The fourth-order valence-corrected chi connectivity index (χ4v) is 1.60. The Labute approximate surface area is 108 Å². The molecule has 2 rings (SSSR count). The molecular weight excluding hydrogens is 259 g/mol. The normalized spacial score (nSPS) is 10.2. The molecule has 1 heterocycles. The Bertz CT molecular complexity index is 559. The number of nitrogens with one attached hydrogen (secondary N) is 1. The summed E-state index contributed by atoms with van der Waals surface area (Å²) in [5, 5.41) is 3.14. The monoisotopic (exact) mass is 268 g/mol. The molecular formula is C11H10ClFN4O. The molecule has 0 aliphatic heterocycles. The first-order chi connectivity index (χ1) is 8.58. The SMILES string of the molecule is COc1cc(F)ccc1Nc1cc(Cl)nc(N)n1. The zero-order chi connectivity index (χ0) is 13.1. The molecule has 0 saturated heterocycles. The Morgan fingerprint density at radius 2 is 2.11 bits per heavy atom. The van der Waals surface area contributed by atoms with Crippen molar-refractivity contribution in [2.45, 2.75) is 0 Å². The van der Waals surface area contributed by atoms with Crippen molar-refractivity contribution in [3.63, 3.8) is 0 Å². The number of anilines is 3. The van der Waals surface area contributed by atoms with E-state index in [0.29, 0.717) is 17.3 Å². The molecule has 1 aromatic carbocycles. The summed E-state index contributed by atoms with van der Waals surface area (Å²) >= 11 is 5.75. The first-order valence-electron chi connectivity index (χ1n) is 4.99. The molecule has 0 radical (unpaired) electrons. The van der Waals surface area contributed by atoms with E-state index in [1.54, 1.807) is 0 Å². The Morgan fingerprint density at radius 1 is 1.33 bits per heavy atom. The van der Waals surface area contributed by atoms with E-state index in [-0.39, 0.29) is 11.1 Å². The van der Waals surface area contributed by atoms with Crippen molar-refractivity contribution < 1.29 is 9.13 Å². The van der Waals surface area contributed by atoms with E-state index in [2.05, 4.69) is 15.3 Å². The third-order valence-electron chi connectivity index (χ3n) is 2.14. The summed E-state index contributed by atoms with van der Waals surface area (Å²) in [5.41, 5.74) is 6.02. The van der Waals surface area contributed by atoms with Crippen LogP contribution in [0.3, 0.4) is 0 Å². The van der Waals surface area contributed by atoms with Gasteiger partial charge in [0.1, 0.15) is 22.5 Å². The molecule has 0 amide bonds. The highest BCUT2D eigenvalue weighted by Crippen LogP contribution is 2.28. The highest BCUT2D eigenvalue weighted by atomic mass is 35.5. The second-order valence-corrected chi connectivity index (χ2v) is 3.79. The molecule has 0 aliphatic rings. The van der Waals surface area contributed by atoms with Crippen molar-refractivity contribution >= 4 is 29.1 Å². The highest BCUT2D eigenvalue weighted by Gasteiger charge is 2.07. The van der Waals surface area contributed by atoms with Crippen LogP contribution >= 0.6 is 11.6 Å². The quantitative estimate of drug-likeness (QED) is 0.837. The van der Waals surface area contributed by atoms with Crippen LogP contribution in [0.5, 0.6) is 5.75 Å². The summed E-state index contributed by atoms with van der Waals surface area (Å²) in [6.07, 6.45) is 0. The summed E-state index contributed by atoms with van der Waals surface area (Å²) in [6, 6.07) is 5.59. The molecule has 0 unspecified atom stereocenters. The van der Waals surface area contributed by atoms with Crippen molar-refractivity contribution in [1.29, 1.82) is 0 Å². The van der Waals surface area contributed by atoms with Crippen molar-refractivity contribution in [3.8, 4) is 5.75 Å². The number of rotatable bonds is 3. The molecule has 7 heteroatoms. The molecule has 0 fully saturated rings. The van der Waals surface area contributed by atoms with Gasteiger partial charge >= 0.3 is 0 Å².